The Kier molecular flexibility index (Phi) is 50.4. The van der Waals surface area contributed by atoms with Crippen LogP contribution in [-0.2, 0) is 131 Å². The molecule has 4 heterocycles. The summed E-state index contributed by atoms with van der Waals surface area (Å²) in [5.41, 5.74) is 13.6. The number of carboxylic acid groups (broad SMARTS) is 3. The Morgan fingerprint density at radius 2 is 0.847 bits per heavy atom. The summed E-state index contributed by atoms with van der Waals surface area (Å²) >= 11 is 4.25. The van der Waals surface area contributed by atoms with Crippen LogP contribution in [0, 0.1) is 35.5 Å². The van der Waals surface area contributed by atoms with E-state index in [9.17, 15) is 121 Å². The fraction of sp³-hybridized carbons (Fsp3) is 0.571. The van der Waals surface area contributed by atoms with Gasteiger partial charge in [-0.15, -0.1) is 0 Å². The van der Waals surface area contributed by atoms with Crippen LogP contribution < -0.4 is 107 Å². The van der Waals surface area contributed by atoms with Crippen molar-refractivity contribution < 1.29 is 121 Å². The molecule has 0 spiro atoms. The number of carbonyl (C=O) groups is 22. The average Bonchev–Trinajstić information content (AvgIpc) is 1.71. The molecule has 1 saturated heterocycles. The lowest BCUT2D eigenvalue weighted by atomic mass is 9.98. The van der Waals surface area contributed by atoms with E-state index in [4.69, 9.17) is 11.5 Å². The van der Waals surface area contributed by atoms with Gasteiger partial charge < -0.3 is 142 Å². The number of H-pyrrole nitrogens is 3. The number of aliphatic carboxylic acids is 3. The molecular formula is C98H146N26O25S. The number of hydrogen-bond acceptors (Lipinski definition) is 27. The molecule has 6 rings (SSSR count). The van der Waals surface area contributed by atoms with Crippen LogP contribution in [0.25, 0.3) is 10.9 Å². The zero-order valence-electron chi connectivity index (χ0n) is 86.6. The number of thiol groups is 1. The van der Waals surface area contributed by atoms with Crippen LogP contribution in [0.1, 0.15) is 177 Å². The molecule has 1 aliphatic rings. The summed E-state index contributed by atoms with van der Waals surface area (Å²) in [5.74, 6) is -25.7. The molecule has 0 radical (unpaired) electrons. The summed E-state index contributed by atoms with van der Waals surface area (Å²) in [4.78, 5) is 321. The average molecular weight is 2120 g/mol. The summed E-state index contributed by atoms with van der Waals surface area (Å²) in [6, 6.07) is -8.78. The zero-order chi connectivity index (χ0) is 112. The van der Waals surface area contributed by atoms with Crippen LogP contribution in [0.5, 0.6) is 0 Å². The minimum absolute atomic E-state index is 0.0148. The van der Waals surface area contributed by atoms with Crippen molar-refractivity contribution in [2.24, 2.45) is 47.0 Å². The van der Waals surface area contributed by atoms with Crippen LogP contribution in [0.3, 0.4) is 0 Å². The number of carbonyl (C=O) groups excluding carboxylic acids is 19. The third-order valence-electron chi connectivity index (χ3n) is 24.4. The number of aromatic nitrogens is 5. The summed E-state index contributed by atoms with van der Waals surface area (Å²) < 4.78 is 0. The molecule has 52 heteroatoms. The Bertz CT molecular complexity index is 5470. The maximum Gasteiger partial charge on any atom is 0.326 e. The number of hydrogen-bond donors (Lipinski definition) is 27. The lowest BCUT2D eigenvalue weighted by molar-refractivity contribution is -0.144. The smallest absolute Gasteiger partial charge is 0.326 e. The van der Waals surface area contributed by atoms with E-state index >= 15 is 0 Å². The van der Waals surface area contributed by atoms with E-state index in [1.807, 2.05) is 0 Å². The number of nitrogens with one attached hydrogen (secondary N) is 21. The van der Waals surface area contributed by atoms with Crippen molar-refractivity contribution in [1.82, 2.24) is 126 Å². The van der Waals surface area contributed by atoms with Crippen molar-refractivity contribution in [2.45, 2.75) is 283 Å². The Balaban J connectivity index is 1.05. The quantitative estimate of drug-likeness (QED) is 0.0129. The Hall–Kier alpha value is -15.0. The topological polar surface area (TPSA) is 781 Å². The molecule has 5 aromatic rings. The van der Waals surface area contributed by atoms with Crippen LogP contribution in [0.4, 0.5) is 0 Å². The van der Waals surface area contributed by atoms with Gasteiger partial charge in [-0.25, -0.2) is 14.8 Å². The number of likely N-dealkylation sites (tertiary alicyclic amines) is 1. The lowest BCUT2D eigenvalue weighted by Crippen LogP contribution is -2.61. The summed E-state index contributed by atoms with van der Waals surface area (Å²) in [6.07, 6.45) is 5.39. The first kappa shape index (κ1) is 124. The van der Waals surface area contributed by atoms with E-state index in [-0.39, 0.29) is 56.7 Å². The predicted octanol–water partition coefficient (Wildman–Crippen LogP) is -4.33. The molecule has 0 saturated carbocycles. The number of nitrogens with zero attached hydrogens (tertiary/aromatic N) is 3. The second kappa shape index (κ2) is 61.1. The van der Waals surface area contributed by atoms with Gasteiger partial charge in [-0.2, -0.15) is 12.6 Å². The molecule has 150 heavy (non-hydrogen) atoms. The molecule has 2 aromatic carbocycles. The maximum absolute atomic E-state index is 14.4. The van der Waals surface area contributed by atoms with Crippen molar-refractivity contribution in [2.75, 3.05) is 38.5 Å². The zero-order valence-corrected chi connectivity index (χ0v) is 87.5. The summed E-state index contributed by atoms with van der Waals surface area (Å²) in [5, 5.41) is 75.5. The number of nitrogens with two attached hydrogens (primary N) is 2. The fourth-order valence-electron chi connectivity index (χ4n) is 16.0. The molecule has 1 fully saturated rings. The van der Waals surface area contributed by atoms with Crippen LogP contribution >= 0.6 is 12.6 Å². The molecule has 19 amide bonds. The molecular weight excluding hydrogens is 1970 g/mol. The Morgan fingerprint density at radius 1 is 0.413 bits per heavy atom. The minimum Gasteiger partial charge on any atom is -0.481 e. The fourth-order valence-corrected chi connectivity index (χ4v) is 16.3. The van der Waals surface area contributed by atoms with Gasteiger partial charge in [0.15, 0.2) is 0 Å². The van der Waals surface area contributed by atoms with Gasteiger partial charge in [-0.05, 0) is 118 Å². The first-order valence-corrected chi connectivity index (χ1v) is 50.4. The number of carboxylic acids is 3. The molecule has 0 aliphatic carbocycles. The number of para-hydroxylation sites is 1. The van der Waals surface area contributed by atoms with Crippen molar-refractivity contribution >= 4 is 154 Å². The normalized spacial score (nSPS) is 15.6. The number of rotatable bonds is 63. The van der Waals surface area contributed by atoms with Gasteiger partial charge in [0.2, 0.25) is 112 Å². The van der Waals surface area contributed by atoms with Gasteiger partial charge >= 0.3 is 17.9 Å². The van der Waals surface area contributed by atoms with Crippen molar-refractivity contribution in [3.05, 3.63) is 108 Å². The number of unbranched alkanes of at least 4 members (excludes halogenated alkanes) is 1. The molecule has 51 nitrogen and oxygen atoms in total. The van der Waals surface area contributed by atoms with Gasteiger partial charge in [0.25, 0.3) is 0 Å². The van der Waals surface area contributed by atoms with Gasteiger partial charge in [-0.1, -0.05) is 132 Å². The highest BCUT2D eigenvalue weighted by Crippen LogP contribution is 2.24. The highest BCUT2D eigenvalue weighted by atomic mass is 32.1. The van der Waals surface area contributed by atoms with E-state index in [2.05, 4.69) is 133 Å². The Morgan fingerprint density at radius 3 is 1.36 bits per heavy atom. The standard InChI is InChI=1S/C98H146N26O25S/c1-48(2)33-64(90(140)122-77(49(3)4)93(143)106-44-74(127)120-81(53(11)12)97(147)124-32-22-28-71(124)92(142)115-67(36-58-40-101-46-107-58)88(138)112-63(98(148)149)27-20-21-31-99)116-95(145)79(51(7)8)121-83(133)55(14)109-94(144)78(50(5)6)119-73(126)43-105-84(134)66(35-57-39-103-61-26-19-18-25-60(57)61)110-72(125)42-104-85(135)69(38-76(130)131)114-89(139)68(37-59-41-102-47-108-59)117-96(146)80(52(9)10)123-91(141)70(45-150)118-86(136)62(29-30-75(128)129)111-87(137)65(113-82(132)54(13)100)34-56-23-16-15-17-24-56/h15-19,23-26,39-41,46-55,62-71,77-81,103,150H,20-22,27-38,42-45,99-100H2,1-14H3,(H,101,107)(H,102,108)(H,104,135)(H,105,134)(H,106,143)(H,109,144)(H,110,125)(H,111,137)(H,112,138)(H,113,132)(H,114,139)(H,115,142)(H,116,145)(H,117,146)(H,118,136)(H,119,126)(H,120,127)(H,121,133)(H,122,140)(H,123,141)(H,128,129)(H,130,131)(H,148,149)/t54-,55-,62-,63-,64-,65-,66-,67-,68-,69-,70-,71-,77-,78-,79-,80-,81-/m0/s1. The molecule has 824 valence electrons. The van der Waals surface area contributed by atoms with E-state index in [1.54, 1.807) is 130 Å². The monoisotopic (exact) mass is 2120 g/mol. The van der Waals surface area contributed by atoms with Crippen LogP contribution in [0.15, 0.2) is 85.8 Å². The number of fused-ring (bicyclic) bond motifs is 1. The van der Waals surface area contributed by atoms with Crippen molar-refractivity contribution in [3.8, 4) is 0 Å². The van der Waals surface area contributed by atoms with Crippen LogP contribution in [-0.4, -0.2) is 316 Å². The predicted molar refractivity (Wildman–Crippen MR) is 546 cm³/mol. The Labute approximate surface area is 872 Å². The van der Waals surface area contributed by atoms with Gasteiger partial charge in [-0.3, -0.25) is 101 Å². The minimum atomic E-state index is -1.99. The van der Waals surface area contributed by atoms with E-state index in [1.165, 1.54) is 57.6 Å². The molecule has 1 aliphatic heterocycles. The summed E-state index contributed by atoms with van der Waals surface area (Å²) in [6.45, 7) is 20.0. The van der Waals surface area contributed by atoms with Crippen LogP contribution in [0.2, 0.25) is 0 Å². The van der Waals surface area contributed by atoms with Crippen molar-refractivity contribution in [3.63, 3.8) is 0 Å². The molecule has 0 unspecified atom stereocenters. The lowest BCUT2D eigenvalue weighted by Gasteiger charge is -2.31. The first-order valence-electron chi connectivity index (χ1n) is 49.7. The van der Waals surface area contributed by atoms with E-state index in [0.29, 0.717) is 53.5 Å². The third-order valence-corrected chi connectivity index (χ3v) is 24.8. The third kappa shape index (κ3) is 40.2. The molecule has 17 atom stereocenters. The van der Waals surface area contributed by atoms with Crippen molar-refractivity contribution in [1.29, 1.82) is 0 Å². The largest absolute Gasteiger partial charge is 0.481 e. The molecule has 28 N–H and O–H groups in total. The summed E-state index contributed by atoms with van der Waals surface area (Å²) in [7, 11) is 0. The SMILES string of the molecule is CC(C)C[C@H](NC(=O)[C@@H](NC(=O)[C@H](C)NC(=O)[C@@H](NC(=O)CNC(=O)[C@H](Cc1c[nH]c2ccccc12)NC(=O)CNC(=O)[C@H](CC(=O)O)NC(=O)[C@H](Cc1c[nH]cn1)NC(=O)[C@@H](NC(=O)[C@H](CS)NC(=O)[C@H](CCC(=O)O)NC(=O)[C@H](Cc1ccccc1)NC(=O)[C@H](C)N)C(C)C)C(C)C)C(C)C)C(=O)N[C@H](C(=O)NCC(=O)N[C@H](C(=O)N1CCC[C@H]1C(=O)N[C@@H](Cc1c[nH]cn1)C(=O)N[C@@H](CCCCN)C(=O)O)C(C)C)C(C)C. The second-order valence-electron chi connectivity index (χ2n) is 39.0. The number of imidazole rings is 2. The second-order valence-corrected chi connectivity index (χ2v) is 39.4. The first-order chi connectivity index (χ1) is 70.8. The molecule has 3 aromatic heterocycles. The maximum atomic E-state index is 14.4. The van der Waals surface area contributed by atoms with Gasteiger partial charge in [0.1, 0.15) is 96.7 Å². The number of aromatic amines is 3. The number of benzene rings is 2. The van der Waals surface area contributed by atoms with Gasteiger partial charge in [0.05, 0.1) is 56.1 Å². The highest BCUT2D eigenvalue weighted by Gasteiger charge is 2.44. The molecule has 0 bridgehead atoms. The van der Waals surface area contributed by atoms with E-state index in [0.717, 1.165) is 0 Å². The number of amides is 19. The van der Waals surface area contributed by atoms with E-state index < -0.39 is 314 Å². The highest BCUT2D eigenvalue weighted by molar-refractivity contribution is 7.80. The van der Waals surface area contributed by atoms with Gasteiger partial charge in [0, 0.05) is 73.9 Å².